The van der Waals surface area contributed by atoms with Gasteiger partial charge in [0.05, 0.1) is 19.3 Å². The second kappa shape index (κ2) is 18.9. The summed E-state index contributed by atoms with van der Waals surface area (Å²) >= 11 is 0. The predicted octanol–water partition coefficient (Wildman–Crippen LogP) is 9.90. The van der Waals surface area contributed by atoms with Crippen LogP contribution >= 0.6 is 0 Å². The van der Waals surface area contributed by atoms with Crippen LogP contribution in [0.5, 0.6) is 0 Å². The molecule has 2 nitrogen and oxygen atoms in total. The van der Waals surface area contributed by atoms with Crippen LogP contribution in [0.25, 0.3) is 0 Å². The molecule has 1 rings (SSSR count). The SMILES string of the molecule is CC(C)CC(COCCCCCCCCCCCCCCC(F)(F)C(F)(F)F)OCc1ccccc1. The van der Waals surface area contributed by atoms with Crippen molar-refractivity contribution in [3.05, 3.63) is 35.9 Å². The minimum Gasteiger partial charge on any atom is -0.379 e. The summed E-state index contributed by atoms with van der Waals surface area (Å²) in [6, 6.07) is 10.2. The fraction of sp³-hybridized carbons (Fsp3) is 0.793. The Balaban J connectivity index is 1.92. The van der Waals surface area contributed by atoms with Gasteiger partial charge in [-0.05, 0) is 30.7 Å². The van der Waals surface area contributed by atoms with Gasteiger partial charge in [0, 0.05) is 13.0 Å². The third kappa shape index (κ3) is 16.5. The number of alkyl halides is 5. The molecule has 1 unspecified atom stereocenters. The van der Waals surface area contributed by atoms with E-state index in [0.29, 0.717) is 25.6 Å². The summed E-state index contributed by atoms with van der Waals surface area (Å²) in [5.74, 6) is -3.99. The maximum atomic E-state index is 12.8. The first-order valence-corrected chi connectivity index (χ1v) is 13.8. The van der Waals surface area contributed by atoms with Gasteiger partial charge in [0.2, 0.25) is 0 Å². The van der Waals surface area contributed by atoms with Gasteiger partial charge in [-0.1, -0.05) is 108 Å². The summed E-state index contributed by atoms with van der Waals surface area (Å²) in [7, 11) is 0. The maximum absolute atomic E-state index is 12.8. The second-order valence-corrected chi connectivity index (χ2v) is 10.3. The molecule has 0 saturated heterocycles. The zero-order chi connectivity index (χ0) is 26.7. The first kappa shape index (κ1) is 32.8. The Kier molecular flexibility index (Phi) is 17.3. The van der Waals surface area contributed by atoms with Gasteiger partial charge in [-0.25, -0.2) is 0 Å². The zero-order valence-electron chi connectivity index (χ0n) is 22.3. The Hall–Kier alpha value is -1.21. The van der Waals surface area contributed by atoms with E-state index in [2.05, 4.69) is 26.0 Å². The molecule has 1 aromatic carbocycles. The standard InChI is InChI=1S/C29H47F5O2/c1-25(2)22-27(36-23-26-18-14-13-15-19-26)24-35-21-17-12-10-8-6-4-3-5-7-9-11-16-20-28(30,31)29(32,33)34/h13-15,18-19,25,27H,3-12,16-17,20-24H2,1-2H3. The van der Waals surface area contributed by atoms with Crippen molar-refractivity contribution < 1.29 is 31.4 Å². The van der Waals surface area contributed by atoms with Gasteiger partial charge in [-0.15, -0.1) is 0 Å². The van der Waals surface area contributed by atoms with Crippen LogP contribution in [0.1, 0.15) is 109 Å². The monoisotopic (exact) mass is 522 g/mol. The number of benzene rings is 1. The van der Waals surface area contributed by atoms with Crippen molar-refractivity contribution in [1.82, 2.24) is 0 Å². The largest absolute Gasteiger partial charge is 0.453 e. The van der Waals surface area contributed by atoms with E-state index in [-0.39, 0.29) is 12.5 Å². The maximum Gasteiger partial charge on any atom is 0.453 e. The van der Waals surface area contributed by atoms with Crippen LogP contribution in [0.15, 0.2) is 30.3 Å². The summed E-state index contributed by atoms with van der Waals surface area (Å²) in [5, 5.41) is 0. The van der Waals surface area contributed by atoms with Crippen LogP contribution in [0.4, 0.5) is 22.0 Å². The fourth-order valence-corrected chi connectivity index (χ4v) is 4.17. The number of ether oxygens (including phenoxy) is 2. The van der Waals surface area contributed by atoms with Gasteiger partial charge in [-0.2, -0.15) is 22.0 Å². The van der Waals surface area contributed by atoms with E-state index in [4.69, 9.17) is 9.47 Å². The van der Waals surface area contributed by atoms with Crippen LogP contribution in [-0.4, -0.2) is 31.4 Å². The van der Waals surface area contributed by atoms with Crippen molar-refractivity contribution >= 4 is 0 Å². The fourth-order valence-electron chi connectivity index (χ4n) is 4.17. The molecule has 0 fully saturated rings. The van der Waals surface area contributed by atoms with Crippen molar-refractivity contribution in [2.24, 2.45) is 5.92 Å². The lowest BCUT2D eigenvalue weighted by Gasteiger charge is -2.20. The summed E-state index contributed by atoms with van der Waals surface area (Å²) in [6.07, 6.45) is 5.63. The molecule has 1 atom stereocenters. The molecule has 0 heterocycles. The highest BCUT2D eigenvalue weighted by molar-refractivity contribution is 5.13. The molecule has 0 spiro atoms. The lowest BCUT2D eigenvalue weighted by atomic mass is 10.0. The number of halogens is 5. The molecular weight excluding hydrogens is 475 g/mol. The second-order valence-electron chi connectivity index (χ2n) is 10.3. The minimum absolute atomic E-state index is 0.0741. The average molecular weight is 523 g/mol. The van der Waals surface area contributed by atoms with Crippen molar-refractivity contribution in [3.63, 3.8) is 0 Å². The molecule has 210 valence electrons. The number of rotatable bonds is 22. The lowest BCUT2D eigenvalue weighted by Crippen LogP contribution is -2.36. The van der Waals surface area contributed by atoms with Crippen molar-refractivity contribution in [2.45, 2.75) is 129 Å². The Morgan fingerprint density at radius 2 is 1.19 bits per heavy atom. The molecule has 0 aliphatic carbocycles. The molecule has 1 aromatic rings. The number of hydrogen-bond donors (Lipinski definition) is 0. The van der Waals surface area contributed by atoms with Crippen LogP contribution in [0.2, 0.25) is 0 Å². The smallest absolute Gasteiger partial charge is 0.379 e. The highest BCUT2D eigenvalue weighted by atomic mass is 19.4. The predicted molar refractivity (Wildman–Crippen MR) is 136 cm³/mol. The highest BCUT2D eigenvalue weighted by Crippen LogP contribution is 2.39. The molecule has 0 N–H and O–H groups in total. The third-order valence-electron chi connectivity index (χ3n) is 6.31. The summed E-state index contributed by atoms with van der Waals surface area (Å²) in [5.41, 5.74) is 1.18. The molecule has 0 saturated carbocycles. The van der Waals surface area contributed by atoms with Gasteiger partial charge < -0.3 is 9.47 Å². The number of hydrogen-bond acceptors (Lipinski definition) is 2. The van der Waals surface area contributed by atoms with Gasteiger partial charge in [0.15, 0.2) is 0 Å². The van der Waals surface area contributed by atoms with E-state index in [1.54, 1.807) is 0 Å². The zero-order valence-corrected chi connectivity index (χ0v) is 22.3. The summed E-state index contributed by atoms with van der Waals surface area (Å²) < 4.78 is 73.9. The van der Waals surface area contributed by atoms with E-state index in [1.807, 2.05) is 18.2 Å². The Morgan fingerprint density at radius 1 is 0.694 bits per heavy atom. The van der Waals surface area contributed by atoms with Crippen LogP contribution < -0.4 is 0 Å². The van der Waals surface area contributed by atoms with Gasteiger partial charge in [-0.3, -0.25) is 0 Å². The molecule has 36 heavy (non-hydrogen) atoms. The molecule has 0 aromatic heterocycles. The van der Waals surface area contributed by atoms with E-state index < -0.39 is 18.5 Å². The van der Waals surface area contributed by atoms with Crippen LogP contribution in [-0.2, 0) is 16.1 Å². The normalized spacial score (nSPS) is 13.4. The van der Waals surface area contributed by atoms with Crippen molar-refractivity contribution in [3.8, 4) is 0 Å². The molecule has 0 radical (unpaired) electrons. The van der Waals surface area contributed by atoms with Gasteiger partial charge in [0.25, 0.3) is 0 Å². The van der Waals surface area contributed by atoms with Crippen molar-refractivity contribution in [2.75, 3.05) is 13.2 Å². The molecular formula is C29H47F5O2. The molecule has 0 amide bonds. The van der Waals surface area contributed by atoms with E-state index in [9.17, 15) is 22.0 Å². The first-order chi connectivity index (χ1) is 17.1. The van der Waals surface area contributed by atoms with Gasteiger partial charge in [0.1, 0.15) is 0 Å². The number of unbranched alkanes of at least 4 members (excludes halogenated alkanes) is 11. The Labute approximate surface area is 215 Å². The van der Waals surface area contributed by atoms with Crippen LogP contribution in [0.3, 0.4) is 0 Å². The Morgan fingerprint density at radius 3 is 1.69 bits per heavy atom. The molecule has 0 bridgehead atoms. The Bertz CT molecular complexity index is 634. The quantitative estimate of drug-likeness (QED) is 0.111. The minimum atomic E-state index is -5.42. The molecule has 0 aliphatic rings. The topological polar surface area (TPSA) is 18.5 Å². The average Bonchev–Trinajstić information content (AvgIpc) is 2.81. The lowest BCUT2D eigenvalue weighted by molar-refractivity contribution is -0.284. The third-order valence-corrected chi connectivity index (χ3v) is 6.31. The molecule has 0 aliphatic heterocycles. The van der Waals surface area contributed by atoms with Gasteiger partial charge >= 0.3 is 12.1 Å². The highest BCUT2D eigenvalue weighted by Gasteiger charge is 2.56. The van der Waals surface area contributed by atoms with Crippen molar-refractivity contribution in [1.29, 1.82) is 0 Å². The van der Waals surface area contributed by atoms with E-state index in [0.717, 1.165) is 58.0 Å². The van der Waals surface area contributed by atoms with E-state index in [1.165, 1.54) is 24.8 Å². The summed E-state index contributed by atoms with van der Waals surface area (Å²) in [4.78, 5) is 0. The van der Waals surface area contributed by atoms with E-state index >= 15 is 0 Å². The molecule has 7 heteroatoms. The van der Waals surface area contributed by atoms with Crippen LogP contribution in [0, 0.1) is 5.92 Å². The first-order valence-electron chi connectivity index (χ1n) is 13.8. The summed E-state index contributed by atoms with van der Waals surface area (Å²) in [6.45, 7) is 6.41.